The Morgan fingerprint density at radius 2 is 1.53 bits per heavy atom. The Labute approximate surface area is 106 Å². The molecule has 0 unspecified atom stereocenters. The van der Waals surface area contributed by atoms with E-state index in [0.717, 1.165) is 12.4 Å². The lowest BCUT2D eigenvalue weighted by Gasteiger charge is -2.19. The first kappa shape index (κ1) is 14.1. The molecule has 1 heteroatoms. The van der Waals surface area contributed by atoms with E-state index in [0.29, 0.717) is 5.92 Å². The molecule has 0 heterocycles. The Hall–Kier alpha value is -0.980. The van der Waals surface area contributed by atoms with Crippen LogP contribution in [0.4, 0.5) is 0 Å². The van der Waals surface area contributed by atoms with E-state index in [9.17, 15) is 0 Å². The zero-order valence-electron chi connectivity index (χ0n) is 11.9. The summed E-state index contributed by atoms with van der Waals surface area (Å²) in [5, 5.41) is 0. The van der Waals surface area contributed by atoms with Gasteiger partial charge in [-0.2, -0.15) is 0 Å². The van der Waals surface area contributed by atoms with Gasteiger partial charge in [0.25, 0.3) is 0 Å². The molecular weight excluding hydrogens is 208 g/mol. The molecule has 0 saturated carbocycles. The predicted octanol–water partition coefficient (Wildman–Crippen LogP) is 4.80. The van der Waals surface area contributed by atoms with Crippen LogP contribution in [-0.4, -0.2) is 6.61 Å². The van der Waals surface area contributed by atoms with Crippen molar-refractivity contribution in [3.05, 3.63) is 29.8 Å². The molecule has 0 aliphatic carbocycles. The molecule has 1 nitrogen and oxygen atoms in total. The van der Waals surface area contributed by atoms with Crippen molar-refractivity contribution in [1.82, 2.24) is 0 Å². The van der Waals surface area contributed by atoms with Crippen molar-refractivity contribution in [3.8, 4) is 5.75 Å². The first-order valence-corrected chi connectivity index (χ1v) is 6.70. The molecule has 96 valence electrons. The standard InChI is InChI=1S/C16H26O/c1-6-13(7-2)12-17-15-10-8-14(9-11-15)16(3,4)5/h8-11,13H,6-7,12H2,1-5H3. The van der Waals surface area contributed by atoms with Crippen molar-refractivity contribution in [3.63, 3.8) is 0 Å². The summed E-state index contributed by atoms with van der Waals surface area (Å²) < 4.78 is 5.82. The highest BCUT2D eigenvalue weighted by atomic mass is 16.5. The predicted molar refractivity (Wildman–Crippen MR) is 74.7 cm³/mol. The number of hydrogen-bond donors (Lipinski definition) is 0. The molecule has 0 aliphatic rings. The Balaban J connectivity index is 2.57. The van der Waals surface area contributed by atoms with Crippen LogP contribution in [0.25, 0.3) is 0 Å². The summed E-state index contributed by atoms with van der Waals surface area (Å²) in [5.41, 5.74) is 1.57. The van der Waals surface area contributed by atoms with Gasteiger partial charge in [-0.1, -0.05) is 59.6 Å². The maximum atomic E-state index is 5.82. The van der Waals surface area contributed by atoms with E-state index in [4.69, 9.17) is 4.74 Å². The number of hydrogen-bond acceptors (Lipinski definition) is 1. The summed E-state index contributed by atoms with van der Waals surface area (Å²) in [6.45, 7) is 12.0. The van der Waals surface area contributed by atoms with Gasteiger partial charge in [0.1, 0.15) is 5.75 Å². The Kier molecular flexibility index (Phi) is 5.04. The monoisotopic (exact) mass is 234 g/mol. The lowest BCUT2D eigenvalue weighted by molar-refractivity contribution is 0.240. The summed E-state index contributed by atoms with van der Waals surface area (Å²) in [5.74, 6) is 1.67. The number of ether oxygens (including phenoxy) is 1. The van der Waals surface area contributed by atoms with Crippen molar-refractivity contribution in [2.45, 2.75) is 52.9 Å². The fraction of sp³-hybridized carbons (Fsp3) is 0.625. The minimum Gasteiger partial charge on any atom is -0.493 e. The molecule has 0 spiro atoms. The molecule has 0 bridgehead atoms. The topological polar surface area (TPSA) is 9.23 Å². The van der Waals surface area contributed by atoms with Crippen molar-refractivity contribution < 1.29 is 4.74 Å². The van der Waals surface area contributed by atoms with Crippen LogP contribution in [0.15, 0.2) is 24.3 Å². The Morgan fingerprint density at radius 3 is 1.94 bits per heavy atom. The highest BCUT2D eigenvalue weighted by molar-refractivity contribution is 5.31. The zero-order valence-corrected chi connectivity index (χ0v) is 11.9. The second-order valence-corrected chi connectivity index (χ2v) is 5.77. The van der Waals surface area contributed by atoms with Gasteiger partial charge in [0, 0.05) is 0 Å². The average Bonchev–Trinajstić information content (AvgIpc) is 2.30. The van der Waals surface area contributed by atoms with Crippen LogP contribution in [0.2, 0.25) is 0 Å². The molecule has 0 fully saturated rings. The van der Waals surface area contributed by atoms with Gasteiger partial charge in [-0.15, -0.1) is 0 Å². The maximum absolute atomic E-state index is 5.82. The van der Waals surface area contributed by atoms with E-state index >= 15 is 0 Å². The summed E-state index contributed by atoms with van der Waals surface area (Å²) in [4.78, 5) is 0. The third kappa shape index (κ3) is 4.41. The minimum atomic E-state index is 0.216. The van der Waals surface area contributed by atoms with E-state index < -0.39 is 0 Å². The fourth-order valence-electron chi connectivity index (χ4n) is 1.79. The van der Waals surface area contributed by atoms with E-state index in [1.165, 1.54) is 18.4 Å². The molecule has 0 aliphatic heterocycles. The van der Waals surface area contributed by atoms with Gasteiger partial charge in [-0.3, -0.25) is 0 Å². The second-order valence-electron chi connectivity index (χ2n) is 5.77. The normalized spacial score (nSPS) is 11.9. The lowest BCUT2D eigenvalue weighted by atomic mass is 9.87. The molecule has 0 aromatic heterocycles. The molecule has 1 aromatic rings. The summed E-state index contributed by atoms with van der Waals surface area (Å²) in [6.07, 6.45) is 2.38. The second kappa shape index (κ2) is 6.09. The van der Waals surface area contributed by atoms with Crippen LogP contribution >= 0.6 is 0 Å². The van der Waals surface area contributed by atoms with E-state index in [1.54, 1.807) is 0 Å². The number of benzene rings is 1. The van der Waals surface area contributed by atoms with Gasteiger partial charge in [-0.05, 0) is 29.0 Å². The van der Waals surface area contributed by atoms with Crippen LogP contribution in [0, 0.1) is 5.92 Å². The molecule has 1 aromatic carbocycles. The van der Waals surface area contributed by atoms with E-state index in [1.807, 2.05) is 0 Å². The Morgan fingerprint density at radius 1 is 1.00 bits per heavy atom. The maximum Gasteiger partial charge on any atom is 0.119 e. The van der Waals surface area contributed by atoms with Crippen LogP contribution in [0.1, 0.15) is 53.0 Å². The van der Waals surface area contributed by atoms with Crippen molar-refractivity contribution in [2.24, 2.45) is 5.92 Å². The largest absolute Gasteiger partial charge is 0.493 e. The highest BCUT2D eigenvalue weighted by Gasteiger charge is 2.13. The van der Waals surface area contributed by atoms with Crippen molar-refractivity contribution in [2.75, 3.05) is 6.61 Å². The fourth-order valence-corrected chi connectivity index (χ4v) is 1.79. The highest BCUT2D eigenvalue weighted by Crippen LogP contribution is 2.24. The summed E-state index contributed by atoms with van der Waals surface area (Å²) >= 11 is 0. The van der Waals surface area contributed by atoms with Crippen LogP contribution < -0.4 is 4.74 Å². The molecule has 0 N–H and O–H groups in total. The lowest BCUT2D eigenvalue weighted by Crippen LogP contribution is -2.12. The molecular formula is C16H26O. The summed E-state index contributed by atoms with van der Waals surface area (Å²) in [6, 6.07) is 8.51. The SMILES string of the molecule is CCC(CC)COc1ccc(C(C)(C)C)cc1. The Bertz CT molecular complexity index is 314. The molecule has 0 amide bonds. The molecule has 17 heavy (non-hydrogen) atoms. The zero-order chi connectivity index (χ0) is 12.9. The van der Waals surface area contributed by atoms with Gasteiger partial charge in [0.2, 0.25) is 0 Å². The van der Waals surface area contributed by atoms with Crippen molar-refractivity contribution >= 4 is 0 Å². The van der Waals surface area contributed by atoms with Gasteiger partial charge in [0.05, 0.1) is 6.61 Å². The van der Waals surface area contributed by atoms with Gasteiger partial charge < -0.3 is 4.74 Å². The molecule has 0 saturated heterocycles. The van der Waals surface area contributed by atoms with E-state index in [-0.39, 0.29) is 5.41 Å². The molecule has 0 atom stereocenters. The molecule has 1 rings (SSSR count). The van der Waals surface area contributed by atoms with Gasteiger partial charge in [-0.25, -0.2) is 0 Å². The third-order valence-electron chi connectivity index (χ3n) is 3.36. The first-order valence-electron chi connectivity index (χ1n) is 6.70. The smallest absolute Gasteiger partial charge is 0.119 e. The van der Waals surface area contributed by atoms with Gasteiger partial charge >= 0.3 is 0 Å². The quantitative estimate of drug-likeness (QED) is 0.711. The molecule has 0 radical (unpaired) electrons. The summed E-state index contributed by atoms with van der Waals surface area (Å²) in [7, 11) is 0. The van der Waals surface area contributed by atoms with Crippen molar-refractivity contribution in [1.29, 1.82) is 0 Å². The third-order valence-corrected chi connectivity index (χ3v) is 3.36. The van der Waals surface area contributed by atoms with Crippen LogP contribution in [-0.2, 0) is 5.41 Å². The van der Waals surface area contributed by atoms with Crippen LogP contribution in [0.5, 0.6) is 5.75 Å². The van der Waals surface area contributed by atoms with Gasteiger partial charge in [0.15, 0.2) is 0 Å². The van der Waals surface area contributed by atoms with E-state index in [2.05, 4.69) is 58.9 Å². The minimum absolute atomic E-state index is 0.216. The number of rotatable bonds is 5. The average molecular weight is 234 g/mol. The van der Waals surface area contributed by atoms with Crippen LogP contribution in [0.3, 0.4) is 0 Å². The first-order chi connectivity index (χ1) is 7.97.